The van der Waals surface area contributed by atoms with Crippen molar-refractivity contribution in [2.24, 2.45) is 0 Å². The van der Waals surface area contributed by atoms with E-state index in [1.54, 1.807) is 54.7 Å². The van der Waals surface area contributed by atoms with Gasteiger partial charge in [0.05, 0.1) is 27.9 Å². The number of aromatic nitrogens is 1. The molecule has 1 amide bonds. The van der Waals surface area contributed by atoms with Crippen molar-refractivity contribution in [2.45, 2.75) is 18.5 Å². The van der Waals surface area contributed by atoms with Crippen LogP contribution < -0.4 is 10.6 Å². The van der Waals surface area contributed by atoms with Crippen LogP contribution in [0.5, 0.6) is 0 Å². The summed E-state index contributed by atoms with van der Waals surface area (Å²) in [6.45, 7) is 0.210. The van der Waals surface area contributed by atoms with E-state index in [0.29, 0.717) is 27.9 Å². The first kappa shape index (κ1) is 25.0. The fourth-order valence-electron chi connectivity index (χ4n) is 4.45. The fourth-order valence-corrected chi connectivity index (χ4v) is 4.78. The lowest BCUT2D eigenvalue weighted by Crippen LogP contribution is -2.32. The third-order valence-corrected chi connectivity index (χ3v) is 6.56. The average molecular weight is 532 g/mol. The molecule has 38 heavy (non-hydrogen) atoms. The minimum Gasteiger partial charge on any atom is -0.459 e. The van der Waals surface area contributed by atoms with Crippen molar-refractivity contribution in [1.82, 2.24) is 15.2 Å². The molecular weight excluding hydrogens is 509 g/mol. The molecule has 1 aliphatic rings. The Morgan fingerprint density at radius 3 is 2.63 bits per heavy atom. The highest BCUT2D eigenvalue weighted by molar-refractivity contribution is 7.80. The monoisotopic (exact) mass is 531 g/mol. The van der Waals surface area contributed by atoms with Crippen LogP contribution in [0.1, 0.15) is 30.0 Å². The van der Waals surface area contributed by atoms with Crippen molar-refractivity contribution in [1.29, 1.82) is 0 Å². The number of nitrogens with zero attached hydrogens (tertiary/aromatic N) is 3. The number of nitro groups is 1. The van der Waals surface area contributed by atoms with Gasteiger partial charge in [-0.15, -0.1) is 0 Å². The summed E-state index contributed by atoms with van der Waals surface area (Å²) in [6.07, 6.45) is 1.70. The quantitative estimate of drug-likeness (QED) is 0.177. The van der Waals surface area contributed by atoms with Crippen molar-refractivity contribution in [3.8, 4) is 11.3 Å². The first-order valence-corrected chi connectivity index (χ1v) is 12.2. The normalized spacial score (nSPS) is 16.8. The Labute approximate surface area is 222 Å². The second kappa shape index (κ2) is 10.8. The summed E-state index contributed by atoms with van der Waals surface area (Å²) in [5.74, 6) is -0.0683. The van der Waals surface area contributed by atoms with Crippen molar-refractivity contribution in [2.75, 3.05) is 11.9 Å². The molecule has 9 nitrogen and oxygen atoms in total. The summed E-state index contributed by atoms with van der Waals surface area (Å²) in [5, 5.41) is 17.8. The number of carbonyl (C=O) groups excluding carboxylic acids is 1. The highest BCUT2D eigenvalue weighted by Gasteiger charge is 2.41. The van der Waals surface area contributed by atoms with Gasteiger partial charge in [-0.2, -0.15) is 0 Å². The summed E-state index contributed by atoms with van der Waals surface area (Å²) >= 11 is 5.62. The molecule has 4 aromatic rings. The van der Waals surface area contributed by atoms with E-state index in [9.17, 15) is 19.3 Å². The van der Waals surface area contributed by atoms with E-state index in [-0.39, 0.29) is 30.2 Å². The van der Waals surface area contributed by atoms with Crippen LogP contribution in [0.25, 0.3) is 11.3 Å². The summed E-state index contributed by atoms with van der Waals surface area (Å²) in [7, 11) is 0. The third kappa shape index (κ3) is 5.09. The number of benzene rings is 2. The summed E-state index contributed by atoms with van der Waals surface area (Å²) in [6, 6.07) is 20.3. The number of nitro benzene ring substituents is 1. The molecule has 2 N–H and O–H groups in total. The Morgan fingerprint density at radius 2 is 1.87 bits per heavy atom. The second-order valence-corrected chi connectivity index (χ2v) is 8.96. The van der Waals surface area contributed by atoms with Gasteiger partial charge < -0.3 is 20.0 Å². The van der Waals surface area contributed by atoms with Crippen molar-refractivity contribution < 1.29 is 18.5 Å². The van der Waals surface area contributed by atoms with E-state index in [1.165, 1.54) is 18.2 Å². The Hall–Kier alpha value is -4.64. The maximum Gasteiger partial charge on any atom is 0.280 e. The Balaban J connectivity index is 1.43. The molecule has 0 saturated carbocycles. The number of furan rings is 1. The molecular formula is C27H22FN5O4S. The lowest BCUT2D eigenvalue weighted by molar-refractivity contribution is -0.384. The fraction of sp³-hybridized carbons (Fsp3) is 0.148. The smallest absolute Gasteiger partial charge is 0.280 e. The molecule has 192 valence electrons. The van der Waals surface area contributed by atoms with E-state index in [1.807, 2.05) is 17.0 Å². The molecule has 1 saturated heterocycles. The highest BCUT2D eigenvalue weighted by Crippen LogP contribution is 2.41. The van der Waals surface area contributed by atoms with E-state index < -0.39 is 22.8 Å². The van der Waals surface area contributed by atoms with Gasteiger partial charge in [0.15, 0.2) is 5.11 Å². The van der Waals surface area contributed by atoms with E-state index in [2.05, 4.69) is 15.6 Å². The molecule has 1 aliphatic heterocycles. The van der Waals surface area contributed by atoms with Gasteiger partial charge in [0.25, 0.3) is 5.69 Å². The average Bonchev–Trinajstić information content (AvgIpc) is 3.53. The number of anilines is 1. The van der Waals surface area contributed by atoms with Gasteiger partial charge in [0.1, 0.15) is 23.4 Å². The van der Waals surface area contributed by atoms with Gasteiger partial charge in [0, 0.05) is 25.2 Å². The summed E-state index contributed by atoms with van der Waals surface area (Å²) < 4.78 is 20.1. The van der Waals surface area contributed by atoms with E-state index in [4.69, 9.17) is 16.6 Å². The van der Waals surface area contributed by atoms with Crippen molar-refractivity contribution in [3.63, 3.8) is 0 Å². The van der Waals surface area contributed by atoms with Gasteiger partial charge >= 0.3 is 0 Å². The number of pyridine rings is 1. The predicted molar refractivity (Wildman–Crippen MR) is 143 cm³/mol. The third-order valence-electron chi connectivity index (χ3n) is 6.21. The minimum atomic E-state index is -0.523. The molecule has 11 heteroatoms. The number of halogens is 1. The molecule has 5 rings (SSSR count). The number of hydrogen-bond acceptors (Lipinski definition) is 6. The van der Waals surface area contributed by atoms with E-state index in [0.717, 1.165) is 0 Å². The first-order valence-electron chi connectivity index (χ1n) is 11.8. The Kier molecular flexibility index (Phi) is 7.09. The zero-order chi connectivity index (χ0) is 26.6. The summed E-state index contributed by atoms with van der Waals surface area (Å²) in [4.78, 5) is 30.0. The van der Waals surface area contributed by atoms with Crippen LogP contribution in [0, 0.1) is 15.9 Å². The lowest BCUT2D eigenvalue weighted by atomic mass is 10.0. The van der Waals surface area contributed by atoms with Gasteiger partial charge in [0.2, 0.25) is 5.91 Å². The number of para-hydroxylation sites is 2. The summed E-state index contributed by atoms with van der Waals surface area (Å²) in [5.41, 5.74) is 1.09. The maximum absolute atomic E-state index is 14.0. The highest BCUT2D eigenvalue weighted by atomic mass is 32.1. The van der Waals surface area contributed by atoms with Gasteiger partial charge in [-0.3, -0.25) is 19.9 Å². The van der Waals surface area contributed by atoms with Crippen LogP contribution in [0.3, 0.4) is 0 Å². The maximum atomic E-state index is 14.0. The molecule has 0 spiro atoms. The second-order valence-electron chi connectivity index (χ2n) is 8.57. The number of thiocarbonyl (C=S) groups is 1. The Bertz CT molecular complexity index is 1500. The molecule has 2 atom stereocenters. The first-order chi connectivity index (χ1) is 18.4. The number of carbonyl (C=O) groups is 1. The SMILES string of the molecule is O=C(CCN1C(=S)NC(c2ccccn2)C1c1ccc(-c2ccccc2[N+](=O)[O-])o1)Nc1ccccc1F. The molecule has 2 aromatic heterocycles. The van der Waals surface area contributed by atoms with Crippen molar-refractivity contribution in [3.05, 3.63) is 112 Å². The van der Waals surface area contributed by atoms with E-state index >= 15 is 0 Å². The largest absolute Gasteiger partial charge is 0.459 e. The molecule has 2 aromatic carbocycles. The number of nitrogens with one attached hydrogen (secondary N) is 2. The van der Waals surface area contributed by atoms with Gasteiger partial charge in [-0.1, -0.05) is 30.3 Å². The standard InChI is InChI=1S/C27H22FN5O4S/c28-18-8-2-3-9-19(18)30-24(34)14-16-32-26(25(31-27(32)38)20-10-5-6-15-29-20)23-13-12-22(37-23)17-7-1-4-11-21(17)33(35)36/h1-13,15,25-26H,14,16H2,(H,30,34)(H,31,38). The molecule has 1 fully saturated rings. The van der Waals surface area contributed by atoms with Crippen LogP contribution >= 0.6 is 12.2 Å². The zero-order valence-electron chi connectivity index (χ0n) is 19.9. The van der Waals surface area contributed by atoms with Crippen LogP contribution in [-0.4, -0.2) is 32.4 Å². The van der Waals surface area contributed by atoms with Crippen LogP contribution in [0.4, 0.5) is 15.8 Å². The number of amides is 1. The number of hydrogen-bond donors (Lipinski definition) is 2. The molecule has 0 radical (unpaired) electrons. The molecule has 0 aliphatic carbocycles. The molecule has 2 unspecified atom stereocenters. The topological polar surface area (TPSA) is 114 Å². The zero-order valence-corrected chi connectivity index (χ0v) is 20.7. The molecule has 0 bridgehead atoms. The van der Waals surface area contributed by atoms with Crippen LogP contribution in [-0.2, 0) is 4.79 Å². The van der Waals surface area contributed by atoms with Gasteiger partial charge in [-0.05, 0) is 54.7 Å². The van der Waals surface area contributed by atoms with Gasteiger partial charge in [-0.25, -0.2) is 4.39 Å². The van der Waals surface area contributed by atoms with Crippen molar-refractivity contribution >= 4 is 34.6 Å². The predicted octanol–water partition coefficient (Wildman–Crippen LogP) is 5.39. The van der Waals surface area contributed by atoms with Crippen LogP contribution in [0.2, 0.25) is 0 Å². The number of rotatable bonds is 8. The molecule has 3 heterocycles. The van der Waals surface area contributed by atoms with Crippen LogP contribution in [0.15, 0.2) is 89.5 Å². The minimum absolute atomic E-state index is 0.0271. The Morgan fingerprint density at radius 1 is 1.11 bits per heavy atom. The lowest BCUT2D eigenvalue weighted by Gasteiger charge is -2.25.